The van der Waals surface area contributed by atoms with Crippen LogP contribution in [0.5, 0.6) is 0 Å². The number of aromatic nitrogens is 2. The van der Waals surface area contributed by atoms with Gasteiger partial charge in [0.15, 0.2) is 0 Å². The Morgan fingerprint density at radius 3 is 2.90 bits per heavy atom. The monoisotopic (exact) mass is 413 g/mol. The summed E-state index contributed by atoms with van der Waals surface area (Å²) in [4.78, 5) is 24.7. The van der Waals surface area contributed by atoms with Crippen molar-refractivity contribution in [3.8, 4) is 0 Å². The number of aliphatic hydroxyl groups is 1. The van der Waals surface area contributed by atoms with E-state index >= 15 is 0 Å². The van der Waals surface area contributed by atoms with Gasteiger partial charge in [0.1, 0.15) is 10.7 Å². The summed E-state index contributed by atoms with van der Waals surface area (Å²) < 4.78 is 5.36. The smallest absolute Gasteiger partial charge is 0.259 e. The van der Waals surface area contributed by atoms with E-state index in [1.165, 1.54) is 10.4 Å². The number of aromatic amines is 1. The number of nitrogens with one attached hydrogen (secondary N) is 1. The first-order valence-corrected chi connectivity index (χ1v) is 11.0. The molecule has 0 fully saturated rings. The molecule has 154 valence electrons. The molecule has 6 nitrogen and oxygen atoms in total. The second kappa shape index (κ2) is 9.17. The molecule has 4 rings (SSSR count). The Bertz CT molecular complexity index is 1020. The molecule has 2 aromatic heterocycles. The predicted molar refractivity (Wildman–Crippen MR) is 115 cm³/mol. The van der Waals surface area contributed by atoms with Gasteiger partial charge in [0, 0.05) is 24.6 Å². The Labute approximate surface area is 174 Å². The molecule has 0 saturated heterocycles. The Kier molecular flexibility index (Phi) is 6.40. The van der Waals surface area contributed by atoms with Crippen LogP contribution in [0.4, 0.5) is 0 Å². The van der Waals surface area contributed by atoms with Crippen LogP contribution < -0.4 is 5.56 Å². The molecule has 1 aromatic carbocycles. The minimum Gasteiger partial charge on any atom is -0.389 e. The van der Waals surface area contributed by atoms with E-state index in [0.29, 0.717) is 38.7 Å². The van der Waals surface area contributed by atoms with Crippen molar-refractivity contribution in [2.45, 2.75) is 45.4 Å². The van der Waals surface area contributed by atoms with Crippen LogP contribution in [0.25, 0.3) is 10.2 Å². The van der Waals surface area contributed by atoms with Crippen LogP contribution >= 0.6 is 11.3 Å². The molecule has 0 spiro atoms. The van der Waals surface area contributed by atoms with Gasteiger partial charge >= 0.3 is 0 Å². The molecular formula is C22H27N3O3S. The van der Waals surface area contributed by atoms with Gasteiger partial charge in [-0.1, -0.05) is 30.3 Å². The fourth-order valence-electron chi connectivity index (χ4n) is 3.96. The lowest BCUT2D eigenvalue weighted by molar-refractivity contribution is 0.0175. The highest BCUT2D eigenvalue weighted by molar-refractivity contribution is 7.18. The summed E-state index contributed by atoms with van der Waals surface area (Å²) in [6.07, 6.45) is 2.55. The highest BCUT2D eigenvalue weighted by Gasteiger charge is 2.22. The van der Waals surface area contributed by atoms with E-state index < -0.39 is 6.10 Å². The Hall–Kier alpha value is -2.06. The Balaban J connectivity index is 1.56. The molecule has 2 heterocycles. The van der Waals surface area contributed by atoms with Crippen molar-refractivity contribution < 1.29 is 9.84 Å². The van der Waals surface area contributed by atoms with Crippen molar-refractivity contribution in [1.29, 1.82) is 0 Å². The number of aryl methyl sites for hydroxylation is 2. The number of fused-ring (bicyclic) bond motifs is 3. The van der Waals surface area contributed by atoms with Crippen LogP contribution in [0.15, 0.2) is 35.1 Å². The van der Waals surface area contributed by atoms with Gasteiger partial charge in [-0.05, 0) is 37.3 Å². The predicted octanol–water partition coefficient (Wildman–Crippen LogP) is 2.87. The normalized spacial score (nSPS) is 14.6. The van der Waals surface area contributed by atoms with E-state index in [-0.39, 0.29) is 5.56 Å². The number of hydrogen-bond acceptors (Lipinski definition) is 6. The summed E-state index contributed by atoms with van der Waals surface area (Å²) in [6, 6.07) is 10.1. The van der Waals surface area contributed by atoms with Crippen LogP contribution in [-0.2, 0) is 30.7 Å². The standard InChI is InChI=1S/C22H27N3O3S/c1-2-28-14-16(26)12-25(11-15-7-4-3-5-8-15)13-19-23-21(27)20-17-9-6-10-18(17)29-22(20)24-19/h3-5,7-8,16,26H,2,6,9-14H2,1H3,(H,23,24,27). The summed E-state index contributed by atoms with van der Waals surface area (Å²) in [6.45, 7) is 4.35. The van der Waals surface area contributed by atoms with E-state index in [1.54, 1.807) is 11.3 Å². The number of hydrogen-bond donors (Lipinski definition) is 2. The van der Waals surface area contributed by atoms with Crippen molar-refractivity contribution in [2.24, 2.45) is 0 Å². The van der Waals surface area contributed by atoms with Gasteiger partial charge in [-0.25, -0.2) is 4.98 Å². The molecule has 3 aromatic rings. The molecule has 0 saturated carbocycles. The highest BCUT2D eigenvalue weighted by atomic mass is 32.1. The van der Waals surface area contributed by atoms with Crippen LogP contribution in [0.1, 0.15) is 35.2 Å². The van der Waals surface area contributed by atoms with Crippen LogP contribution in [0.3, 0.4) is 0 Å². The molecule has 1 atom stereocenters. The minimum absolute atomic E-state index is 0.0427. The lowest BCUT2D eigenvalue weighted by atomic mass is 10.2. The Morgan fingerprint density at radius 1 is 1.28 bits per heavy atom. The summed E-state index contributed by atoms with van der Waals surface area (Å²) in [5.41, 5.74) is 2.30. The number of H-pyrrole nitrogens is 1. The lowest BCUT2D eigenvalue weighted by Gasteiger charge is -2.24. The Morgan fingerprint density at radius 2 is 2.10 bits per heavy atom. The maximum Gasteiger partial charge on any atom is 0.259 e. The van der Waals surface area contributed by atoms with Gasteiger partial charge in [0.2, 0.25) is 0 Å². The quantitative estimate of drug-likeness (QED) is 0.564. The molecule has 0 aliphatic heterocycles. The third-order valence-corrected chi connectivity index (χ3v) is 6.42. The first-order valence-electron chi connectivity index (χ1n) is 10.2. The average Bonchev–Trinajstić information content (AvgIpc) is 3.28. The number of ether oxygens (including phenoxy) is 1. The van der Waals surface area contributed by atoms with Gasteiger partial charge in [0.25, 0.3) is 5.56 Å². The molecule has 1 aliphatic rings. The van der Waals surface area contributed by atoms with Crippen molar-refractivity contribution in [3.05, 3.63) is 62.5 Å². The van der Waals surface area contributed by atoms with Gasteiger partial charge in [-0.15, -0.1) is 11.3 Å². The van der Waals surface area contributed by atoms with Crippen molar-refractivity contribution in [1.82, 2.24) is 14.9 Å². The summed E-state index contributed by atoms with van der Waals surface area (Å²) in [7, 11) is 0. The zero-order valence-electron chi connectivity index (χ0n) is 16.7. The lowest BCUT2D eigenvalue weighted by Crippen LogP contribution is -2.35. The summed E-state index contributed by atoms with van der Waals surface area (Å²) in [5, 5.41) is 11.1. The first-order chi connectivity index (χ1) is 14.1. The number of nitrogens with zero attached hydrogens (tertiary/aromatic N) is 2. The minimum atomic E-state index is -0.598. The average molecular weight is 414 g/mol. The van der Waals surface area contributed by atoms with Gasteiger partial charge in [0.05, 0.1) is 24.6 Å². The van der Waals surface area contributed by atoms with Gasteiger partial charge < -0.3 is 14.8 Å². The zero-order valence-corrected chi connectivity index (χ0v) is 17.5. The maximum atomic E-state index is 12.7. The largest absolute Gasteiger partial charge is 0.389 e. The SMILES string of the molecule is CCOCC(O)CN(Cc1ccccc1)Cc1nc2sc3c(c2c(=O)[nH]1)CCC3. The van der Waals surface area contributed by atoms with E-state index in [1.807, 2.05) is 25.1 Å². The molecule has 2 N–H and O–H groups in total. The second-order valence-electron chi connectivity index (χ2n) is 7.52. The van der Waals surface area contributed by atoms with E-state index in [2.05, 4.69) is 22.0 Å². The maximum absolute atomic E-state index is 12.7. The molecule has 1 aliphatic carbocycles. The topological polar surface area (TPSA) is 78.5 Å². The van der Waals surface area contributed by atoms with Crippen molar-refractivity contribution in [3.63, 3.8) is 0 Å². The third kappa shape index (κ3) is 4.75. The highest BCUT2D eigenvalue weighted by Crippen LogP contribution is 2.34. The number of benzene rings is 1. The molecular weight excluding hydrogens is 386 g/mol. The van der Waals surface area contributed by atoms with Gasteiger partial charge in [-0.2, -0.15) is 0 Å². The molecule has 7 heteroatoms. The first kappa shape index (κ1) is 20.2. The van der Waals surface area contributed by atoms with Crippen LogP contribution in [0.2, 0.25) is 0 Å². The zero-order chi connectivity index (χ0) is 20.2. The fourth-order valence-corrected chi connectivity index (χ4v) is 5.25. The molecule has 1 unspecified atom stereocenters. The van der Waals surface area contributed by atoms with Gasteiger partial charge in [-0.3, -0.25) is 9.69 Å². The molecule has 0 radical (unpaired) electrons. The van der Waals surface area contributed by atoms with E-state index in [9.17, 15) is 9.90 Å². The van der Waals surface area contributed by atoms with Crippen molar-refractivity contribution in [2.75, 3.05) is 19.8 Å². The number of aliphatic hydroxyl groups excluding tert-OH is 1. The fraction of sp³-hybridized carbons (Fsp3) is 0.455. The van der Waals surface area contributed by atoms with E-state index in [4.69, 9.17) is 9.72 Å². The molecule has 0 amide bonds. The van der Waals surface area contributed by atoms with Crippen molar-refractivity contribution >= 4 is 21.6 Å². The summed E-state index contributed by atoms with van der Waals surface area (Å²) >= 11 is 1.65. The number of rotatable bonds is 9. The summed E-state index contributed by atoms with van der Waals surface area (Å²) in [5.74, 6) is 0.641. The second-order valence-corrected chi connectivity index (χ2v) is 8.60. The molecule has 0 bridgehead atoms. The van der Waals surface area contributed by atoms with E-state index in [0.717, 1.165) is 35.0 Å². The van der Waals surface area contributed by atoms with Crippen LogP contribution in [0, 0.1) is 0 Å². The third-order valence-electron chi connectivity index (χ3n) is 5.23. The number of thiophene rings is 1. The molecule has 29 heavy (non-hydrogen) atoms. The van der Waals surface area contributed by atoms with Crippen LogP contribution in [-0.4, -0.2) is 45.8 Å².